The molecule has 1 aliphatic carbocycles. The smallest absolute Gasteiger partial charge is 0.0488 e. The molecular weight excluding hydrogens is 248 g/mol. The third-order valence-corrected chi connectivity index (χ3v) is 4.44. The van der Waals surface area contributed by atoms with Gasteiger partial charge in [-0.1, -0.05) is 31.2 Å². The summed E-state index contributed by atoms with van der Waals surface area (Å²) in [5.74, 6) is 6.95. The molecule has 0 fully saturated rings. The Morgan fingerprint density at radius 3 is 2.95 bits per heavy atom. The first-order chi connectivity index (χ1) is 9.74. The summed E-state index contributed by atoms with van der Waals surface area (Å²) < 4.78 is 5.23. The van der Waals surface area contributed by atoms with Crippen molar-refractivity contribution in [2.75, 3.05) is 13.7 Å². The maximum atomic E-state index is 5.76. The first-order valence-electron chi connectivity index (χ1n) is 7.77. The average Bonchev–Trinajstić information content (AvgIpc) is 2.47. The van der Waals surface area contributed by atoms with E-state index >= 15 is 0 Å². The van der Waals surface area contributed by atoms with Crippen molar-refractivity contribution in [3.8, 4) is 0 Å². The molecule has 3 heteroatoms. The number of hydrogen-bond donors (Lipinski definition) is 2. The maximum absolute atomic E-state index is 5.76. The molecule has 0 aromatic heterocycles. The highest BCUT2D eigenvalue weighted by Gasteiger charge is 2.23. The summed E-state index contributed by atoms with van der Waals surface area (Å²) in [6, 6.07) is 9.26. The van der Waals surface area contributed by atoms with Crippen LogP contribution in [-0.2, 0) is 11.2 Å². The predicted octanol–water partition coefficient (Wildman–Crippen LogP) is 3.00. The van der Waals surface area contributed by atoms with Gasteiger partial charge >= 0.3 is 0 Å². The second-order valence-electron chi connectivity index (χ2n) is 6.18. The number of ether oxygens (including phenoxy) is 1. The van der Waals surface area contributed by atoms with Crippen molar-refractivity contribution in [1.82, 2.24) is 5.43 Å². The van der Waals surface area contributed by atoms with Crippen LogP contribution in [0.2, 0.25) is 0 Å². The second kappa shape index (κ2) is 7.77. The van der Waals surface area contributed by atoms with E-state index in [1.807, 2.05) is 0 Å². The van der Waals surface area contributed by atoms with Crippen LogP contribution in [0.1, 0.15) is 49.7 Å². The lowest BCUT2D eigenvalue weighted by molar-refractivity contribution is 0.147. The van der Waals surface area contributed by atoms with Crippen LogP contribution >= 0.6 is 0 Å². The van der Waals surface area contributed by atoms with Gasteiger partial charge in [0.25, 0.3) is 0 Å². The van der Waals surface area contributed by atoms with E-state index in [0.29, 0.717) is 17.9 Å². The van der Waals surface area contributed by atoms with Crippen LogP contribution in [0.4, 0.5) is 0 Å². The molecule has 20 heavy (non-hydrogen) atoms. The van der Waals surface area contributed by atoms with E-state index in [1.165, 1.54) is 24.8 Å². The summed E-state index contributed by atoms with van der Waals surface area (Å²) in [5, 5.41) is 0. The standard InChI is InChI=1S/C17H28N2O/c1-13(12-20-2)10-16(19-18)11-15-8-5-7-14-6-3-4-9-17(14)15/h3-4,6,9,13,15-16,19H,5,7-8,10-12,18H2,1-2H3. The Kier molecular flexibility index (Phi) is 6.02. The number of rotatable bonds is 7. The van der Waals surface area contributed by atoms with Gasteiger partial charge in [0.05, 0.1) is 0 Å². The SMILES string of the molecule is COCC(C)CC(CC1CCCc2ccccc21)NN. The van der Waals surface area contributed by atoms with Crippen LogP contribution in [0.3, 0.4) is 0 Å². The summed E-state index contributed by atoms with van der Waals surface area (Å²) in [5.41, 5.74) is 6.09. The molecule has 0 aliphatic heterocycles. The zero-order valence-corrected chi connectivity index (χ0v) is 12.8. The highest BCUT2D eigenvalue weighted by atomic mass is 16.5. The van der Waals surface area contributed by atoms with E-state index in [1.54, 1.807) is 12.7 Å². The number of hydrogen-bond acceptors (Lipinski definition) is 3. The number of nitrogens with one attached hydrogen (secondary N) is 1. The van der Waals surface area contributed by atoms with E-state index in [4.69, 9.17) is 10.6 Å². The van der Waals surface area contributed by atoms with Crippen molar-refractivity contribution in [1.29, 1.82) is 0 Å². The minimum Gasteiger partial charge on any atom is -0.384 e. The number of fused-ring (bicyclic) bond motifs is 1. The first kappa shape index (κ1) is 15.5. The van der Waals surface area contributed by atoms with Crippen molar-refractivity contribution in [3.63, 3.8) is 0 Å². The lowest BCUT2D eigenvalue weighted by atomic mass is 9.78. The van der Waals surface area contributed by atoms with E-state index in [0.717, 1.165) is 19.4 Å². The van der Waals surface area contributed by atoms with E-state index in [9.17, 15) is 0 Å². The fourth-order valence-electron chi connectivity index (χ4n) is 3.51. The van der Waals surface area contributed by atoms with Crippen molar-refractivity contribution >= 4 is 0 Å². The van der Waals surface area contributed by atoms with Gasteiger partial charge in [0.1, 0.15) is 0 Å². The first-order valence-corrected chi connectivity index (χ1v) is 7.77. The van der Waals surface area contributed by atoms with Gasteiger partial charge < -0.3 is 4.74 Å². The van der Waals surface area contributed by atoms with Crippen molar-refractivity contribution in [2.45, 2.75) is 51.0 Å². The number of nitrogens with two attached hydrogens (primary N) is 1. The van der Waals surface area contributed by atoms with Gasteiger partial charge in [0.15, 0.2) is 0 Å². The molecule has 0 saturated heterocycles. The average molecular weight is 276 g/mol. The summed E-state index contributed by atoms with van der Waals surface area (Å²) in [6.45, 7) is 3.03. The van der Waals surface area contributed by atoms with Crippen LogP contribution in [0.5, 0.6) is 0 Å². The van der Waals surface area contributed by atoms with E-state index < -0.39 is 0 Å². The van der Waals surface area contributed by atoms with Gasteiger partial charge in [0.2, 0.25) is 0 Å². The van der Waals surface area contributed by atoms with Crippen LogP contribution < -0.4 is 11.3 Å². The lowest BCUT2D eigenvalue weighted by Gasteiger charge is -2.29. The van der Waals surface area contributed by atoms with Crippen LogP contribution in [0.15, 0.2) is 24.3 Å². The molecule has 1 aromatic rings. The van der Waals surface area contributed by atoms with Gasteiger partial charge in [-0.2, -0.15) is 0 Å². The summed E-state index contributed by atoms with van der Waals surface area (Å²) in [7, 11) is 1.76. The Balaban J connectivity index is 1.98. The minimum atomic E-state index is 0.372. The highest BCUT2D eigenvalue weighted by Crippen LogP contribution is 2.35. The highest BCUT2D eigenvalue weighted by molar-refractivity contribution is 5.32. The van der Waals surface area contributed by atoms with Crippen molar-refractivity contribution < 1.29 is 4.74 Å². The van der Waals surface area contributed by atoms with Gasteiger partial charge in [-0.25, -0.2) is 0 Å². The molecule has 3 nitrogen and oxygen atoms in total. The van der Waals surface area contributed by atoms with Crippen LogP contribution in [0.25, 0.3) is 0 Å². The molecule has 0 saturated carbocycles. The fourth-order valence-corrected chi connectivity index (χ4v) is 3.51. The Morgan fingerprint density at radius 2 is 2.20 bits per heavy atom. The third-order valence-electron chi connectivity index (χ3n) is 4.44. The molecule has 0 spiro atoms. The van der Waals surface area contributed by atoms with Gasteiger partial charge in [-0.05, 0) is 55.1 Å². The molecule has 0 heterocycles. The van der Waals surface area contributed by atoms with E-state index in [2.05, 4.69) is 36.6 Å². The van der Waals surface area contributed by atoms with Gasteiger partial charge in [-0.3, -0.25) is 11.3 Å². The molecule has 3 N–H and O–H groups in total. The Labute approximate surface area is 122 Å². The molecule has 0 bridgehead atoms. The second-order valence-corrected chi connectivity index (χ2v) is 6.18. The molecule has 1 aliphatic rings. The van der Waals surface area contributed by atoms with Gasteiger partial charge in [-0.15, -0.1) is 0 Å². The topological polar surface area (TPSA) is 47.3 Å². The summed E-state index contributed by atoms with van der Waals surface area (Å²) in [4.78, 5) is 0. The number of benzene rings is 1. The lowest BCUT2D eigenvalue weighted by Crippen LogP contribution is -2.38. The minimum absolute atomic E-state index is 0.372. The number of methoxy groups -OCH3 is 1. The normalized spacial score (nSPS) is 21.2. The molecular formula is C17H28N2O. The summed E-state index contributed by atoms with van der Waals surface area (Å²) in [6.07, 6.45) is 6.01. The van der Waals surface area contributed by atoms with Crippen molar-refractivity contribution in [3.05, 3.63) is 35.4 Å². The molecule has 1 aromatic carbocycles. The largest absolute Gasteiger partial charge is 0.384 e. The zero-order chi connectivity index (χ0) is 14.4. The fraction of sp³-hybridized carbons (Fsp3) is 0.647. The molecule has 3 atom stereocenters. The predicted molar refractivity (Wildman–Crippen MR) is 83.5 cm³/mol. The number of hydrazine groups is 1. The molecule has 0 radical (unpaired) electrons. The van der Waals surface area contributed by atoms with Gasteiger partial charge in [0, 0.05) is 19.8 Å². The third kappa shape index (κ3) is 4.05. The van der Waals surface area contributed by atoms with Crippen LogP contribution in [-0.4, -0.2) is 19.8 Å². The Bertz CT molecular complexity index is 408. The van der Waals surface area contributed by atoms with Crippen LogP contribution in [0, 0.1) is 5.92 Å². The molecule has 0 amide bonds. The summed E-state index contributed by atoms with van der Waals surface area (Å²) >= 11 is 0. The Hall–Kier alpha value is -0.900. The zero-order valence-electron chi connectivity index (χ0n) is 12.8. The molecule has 112 valence electrons. The quantitative estimate of drug-likeness (QED) is 0.594. The monoisotopic (exact) mass is 276 g/mol. The molecule has 2 rings (SSSR count). The Morgan fingerprint density at radius 1 is 1.40 bits per heavy atom. The van der Waals surface area contributed by atoms with E-state index in [-0.39, 0.29) is 0 Å². The van der Waals surface area contributed by atoms with Crippen molar-refractivity contribution in [2.24, 2.45) is 11.8 Å². The molecule has 3 unspecified atom stereocenters. The number of aryl methyl sites for hydroxylation is 1. The maximum Gasteiger partial charge on any atom is 0.0488 e.